The summed E-state index contributed by atoms with van der Waals surface area (Å²) in [5.74, 6) is 0.0210. The number of hydrogen-bond acceptors (Lipinski definition) is 3. The summed E-state index contributed by atoms with van der Waals surface area (Å²) < 4.78 is 2.75. The predicted octanol–water partition coefficient (Wildman–Crippen LogP) is 2.67. The molecule has 0 aliphatic rings. The van der Waals surface area contributed by atoms with E-state index in [0.29, 0.717) is 6.54 Å². The molecule has 0 fully saturated rings. The summed E-state index contributed by atoms with van der Waals surface area (Å²) in [6.07, 6.45) is 0.973. The summed E-state index contributed by atoms with van der Waals surface area (Å²) in [6.45, 7) is 13.9. The highest BCUT2D eigenvalue weighted by atomic mass is 79.9. The second-order valence-corrected chi connectivity index (χ2v) is 6.07. The summed E-state index contributed by atoms with van der Waals surface area (Å²) in [5, 5.41) is 7.41. The molecule has 5 nitrogen and oxygen atoms in total. The van der Waals surface area contributed by atoms with Crippen LogP contribution in [0.5, 0.6) is 0 Å². The van der Waals surface area contributed by atoms with E-state index in [4.69, 9.17) is 0 Å². The van der Waals surface area contributed by atoms with E-state index in [1.807, 2.05) is 20.8 Å². The van der Waals surface area contributed by atoms with Crippen LogP contribution in [0.4, 0.5) is 0 Å². The Kier molecular flexibility index (Phi) is 7.39. The molecule has 0 aliphatic heterocycles. The minimum absolute atomic E-state index is 0.0210. The zero-order chi connectivity index (χ0) is 16.0. The van der Waals surface area contributed by atoms with Crippen molar-refractivity contribution in [3.8, 4) is 0 Å². The molecule has 0 bridgehead atoms. The second kappa shape index (κ2) is 8.54. The largest absolute Gasteiger partial charge is 0.354 e. The smallest absolute Gasteiger partial charge is 0.244 e. The lowest BCUT2D eigenvalue weighted by Gasteiger charge is -2.18. The molecule has 1 heterocycles. The molecular formula is C15H27BrN4O. The van der Waals surface area contributed by atoms with Crippen LogP contribution in [-0.2, 0) is 4.79 Å². The van der Waals surface area contributed by atoms with Crippen molar-refractivity contribution in [1.82, 2.24) is 20.0 Å². The summed E-state index contributed by atoms with van der Waals surface area (Å²) in [7, 11) is 0. The van der Waals surface area contributed by atoms with Gasteiger partial charge in [0.1, 0.15) is 6.04 Å². The van der Waals surface area contributed by atoms with Gasteiger partial charge in [0.05, 0.1) is 15.9 Å². The Bertz CT molecular complexity index is 468. The lowest BCUT2D eigenvalue weighted by molar-refractivity contribution is -0.124. The number of halogens is 1. The van der Waals surface area contributed by atoms with Crippen molar-refractivity contribution in [2.75, 3.05) is 26.2 Å². The highest BCUT2D eigenvalue weighted by Crippen LogP contribution is 2.22. The molecule has 0 saturated carbocycles. The van der Waals surface area contributed by atoms with Gasteiger partial charge < -0.3 is 10.2 Å². The maximum absolute atomic E-state index is 12.2. The standard InChI is InChI=1S/C15H27BrN4O/c1-6-19(7-2)10-8-9-17-15(21)13(5)20-12(4)14(16)11(3)18-20/h13H,6-10H2,1-5H3,(H,17,21). The Balaban J connectivity index is 2.46. The van der Waals surface area contributed by atoms with Crippen LogP contribution in [0.15, 0.2) is 4.47 Å². The fraction of sp³-hybridized carbons (Fsp3) is 0.733. The van der Waals surface area contributed by atoms with Crippen LogP contribution >= 0.6 is 15.9 Å². The van der Waals surface area contributed by atoms with Crippen molar-refractivity contribution < 1.29 is 4.79 Å². The molecule has 1 aromatic heterocycles. The fourth-order valence-corrected chi connectivity index (χ4v) is 2.59. The molecule has 0 aliphatic carbocycles. The van der Waals surface area contributed by atoms with Crippen molar-refractivity contribution >= 4 is 21.8 Å². The van der Waals surface area contributed by atoms with Gasteiger partial charge in [0.25, 0.3) is 0 Å². The van der Waals surface area contributed by atoms with Crippen LogP contribution in [0.2, 0.25) is 0 Å². The molecule has 1 rings (SSSR count). The first-order valence-electron chi connectivity index (χ1n) is 7.63. The molecule has 120 valence electrons. The van der Waals surface area contributed by atoms with Gasteiger partial charge in [-0.25, -0.2) is 0 Å². The first-order chi connectivity index (χ1) is 9.92. The summed E-state index contributed by atoms with van der Waals surface area (Å²) in [4.78, 5) is 14.6. The van der Waals surface area contributed by atoms with Crippen molar-refractivity contribution in [2.24, 2.45) is 0 Å². The molecule has 1 unspecified atom stereocenters. The number of nitrogens with one attached hydrogen (secondary N) is 1. The maximum Gasteiger partial charge on any atom is 0.244 e. The van der Waals surface area contributed by atoms with E-state index in [9.17, 15) is 4.79 Å². The summed E-state index contributed by atoms with van der Waals surface area (Å²) in [6, 6.07) is -0.288. The molecule has 21 heavy (non-hydrogen) atoms. The third-order valence-corrected chi connectivity index (χ3v) is 4.98. The normalized spacial score (nSPS) is 12.7. The monoisotopic (exact) mass is 358 g/mol. The Morgan fingerprint density at radius 1 is 1.38 bits per heavy atom. The van der Waals surface area contributed by atoms with Gasteiger partial charge in [-0.05, 0) is 62.8 Å². The molecule has 1 N–H and O–H groups in total. The number of rotatable bonds is 8. The molecular weight excluding hydrogens is 332 g/mol. The van der Waals surface area contributed by atoms with Gasteiger partial charge in [-0.2, -0.15) is 5.10 Å². The third-order valence-electron chi connectivity index (χ3n) is 3.83. The predicted molar refractivity (Wildman–Crippen MR) is 89.5 cm³/mol. The zero-order valence-corrected chi connectivity index (χ0v) is 15.3. The number of carbonyl (C=O) groups excluding carboxylic acids is 1. The van der Waals surface area contributed by atoms with E-state index in [-0.39, 0.29) is 11.9 Å². The number of aromatic nitrogens is 2. The van der Waals surface area contributed by atoms with E-state index in [1.165, 1.54) is 0 Å². The quantitative estimate of drug-likeness (QED) is 0.726. The first kappa shape index (κ1) is 18.2. The number of amides is 1. The van der Waals surface area contributed by atoms with Gasteiger partial charge >= 0.3 is 0 Å². The first-order valence-corrected chi connectivity index (χ1v) is 8.42. The molecule has 1 atom stereocenters. The molecule has 0 aromatic carbocycles. The van der Waals surface area contributed by atoms with Crippen LogP contribution in [0, 0.1) is 13.8 Å². The minimum atomic E-state index is -0.288. The number of nitrogens with zero attached hydrogens (tertiary/aromatic N) is 3. The van der Waals surface area contributed by atoms with Crippen LogP contribution < -0.4 is 5.32 Å². The van der Waals surface area contributed by atoms with E-state index >= 15 is 0 Å². The molecule has 0 radical (unpaired) electrons. The van der Waals surface area contributed by atoms with Crippen molar-refractivity contribution in [1.29, 1.82) is 0 Å². The topological polar surface area (TPSA) is 50.2 Å². The second-order valence-electron chi connectivity index (χ2n) is 5.28. The lowest BCUT2D eigenvalue weighted by atomic mass is 10.3. The van der Waals surface area contributed by atoms with Gasteiger partial charge in [-0.3, -0.25) is 9.48 Å². The average Bonchev–Trinajstić information content (AvgIpc) is 2.74. The summed E-state index contributed by atoms with van der Waals surface area (Å²) >= 11 is 3.49. The lowest BCUT2D eigenvalue weighted by Crippen LogP contribution is -2.34. The van der Waals surface area contributed by atoms with Gasteiger partial charge in [0.2, 0.25) is 5.91 Å². The Morgan fingerprint density at radius 3 is 2.48 bits per heavy atom. The number of hydrogen-bond donors (Lipinski definition) is 1. The van der Waals surface area contributed by atoms with Crippen molar-refractivity contribution in [3.63, 3.8) is 0 Å². The van der Waals surface area contributed by atoms with Crippen molar-refractivity contribution in [3.05, 3.63) is 15.9 Å². The molecule has 0 spiro atoms. The molecule has 6 heteroatoms. The Hall–Kier alpha value is -0.880. The zero-order valence-electron chi connectivity index (χ0n) is 13.7. The van der Waals surface area contributed by atoms with E-state index in [1.54, 1.807) is 4.68 Å². The van der Waals surface area contributed by atoms with Gasteiger partial charge in [0, 0.05) is 6.54 Å². The van der Waals surface area contributed by atoms with Gasteiger partial charge in [-0.1, -0.05) is 13.8 Å². The number of aryl methyl sites for hydroxylation is 1. The number of carbonyl (C=O) groups is 1. The van der Waals surface area contributed by atoms with Gasteiger partial charge in [-0.15, -0.1) is 0 Å². The molecule has 1 amide bonds. The van der Waals surface area contributed by atoms with Crippen LogP contribution in [0.25, 0.3) is 0 Å². The molecule has 1 aromatic rings. The highest BCUT2D eigenvalue weighted by molar-refractivity contribution is 9.10. The van der Waals surface area contributed by atoms with Gasteiger partial charge in [0.15, 0.2) is 0 Å². The van der Waals surface area contributed by atoms with Crippen LogP contribution in [-0.4, -0.2) is 46.8 Å². The SMILES string of the molecule is CCN(CC)CCCNC(=O)C(C)n1nc(C)c(Br)c1C. The van der Waals surface area contributed by atoms with Crippen LogP contribution in [0.3, 0.4) is 0 Å². The maximum atomic E-state index is 12.2. The summed E-state index contributed by atoms with van der Waals surface area (Å²) in [5.41, 5.74) is 1.90. The third kappa shape index (κ3) is 4.81. The van der Waals surface area contributed by atoms with Crippen LogP contribution in [0.1, 0.15) is 44.6 Å². The van der Waals surface area contributed by atoms with Crippen molar-refractivity contribution in [2.45, 2.75) is 47.1 Å². The Morgan fingerprint density at radius 2 is 2.00 bits per heavy atom. The Labute approximate surface area is 136 Å². The molecule has 0 saturated heterocycles. The van der Waals surface area contributed by atoms with E-state index in [0.717, 1.165) is 41.9 Å². The highest BCUT2D eigenvalue weighted by Gasteiger charge is 2.19. The minimum Gasteiger partial charge on any atom is -0.354 e. The fourth-order valence-electron chi connectivity index (χ4n) is 2.33. The van der Waals surface area contributed by atoms with E-state index < -0.39 is 0 Å². The average molecular weight is 359 g/mol. The van der Waals surface area contributed by atoms with E-state index in [2.05, 4.69) is 45.1 Å².